The first-order valence-electron chi connectivity index (χ1n) is 4.76. The third-order valence-corrected chi connectivity index (χ3v) is 2.11. The number of carbonyl (C=O) groups excluding carboxylic acids is 1. The minimum absolute atomic E-state index is 0.260. The van der Waals surface area contributed by atoms with E-state index in [0.717, 1.165) is 0 Å². The van der Waals surface area contributed by atoms with E-state index in [4.69, 9.17) is 21.7 Å². The van der Waals surface area contributed by atoms with Gasteiger partial charge in [0, 0.05) is 11.4 Å². The lowest BCUT2D eigenvalue weighted by Crippen LogP contribution is -2.29. The van der Waals surface area contributed by atoms with Crippen molar-refractivity contribution < 1.29 is 15.0 Å². The largest absolute Gasteiger partial charge is 0.399 e. The van der Waals surface area contributed by atoms with Crippen molar-refractivity contribution in [2.45, 2.75) is 6.04 Å². The molecule has 0 aliphatic heterocycles. The van der Waals surface area contributed by atoms with Crippen molar-refractivity contribution in [3.8, 4) is 0 Å². The lowest BCUT2D eigenvalue weighted by Gasteiger charge is -2.17. The van der Waals surface area contributed by atoms with E-state index in [0.29, 0.717) is 11.4 Å². The summed E-state index contributed by atoms with van der Waals surface area (Å²) in [4.78, 5) is 11.1. The highest BCUT2D eigenvalue weighted by Crippen LogP contribution is 2.19. The maximum absolute atomic E-state index is 11.1. The summed E-state index contributed by atoms with van der Waals surface area (Å²) >= 11 is 0. The van der Waals surface area contributed by atoms with Gasteiger partial charge in [0.25, 0.3) is 5.91 Å². The van der Waals surface area contributed by atoms with Gasteiger partial charge in [-0.15, -0.1) is 0 Å². The number of amides is 1. The van der Waals surface area contributed by atoms with Crippen LogP contribution in [0.4, 0.5) is 11.4 Å². The van der Waals surface area contributed by atoms with Gasteiger partial charge < -0.3 is 27.0 Å². The summed E-state index contributed by atoms with van der Waals surface area (Å²) in [6, 6.07) is 4.02. The molecule has 0 aromatic heterocycles. The van der Waals surface area contributed by atoms with E-state index in [9.17, 15) is 4.79 Å². The van der Waals surface area contributed by atoms with Crippen LogP contribution < -0.4 is 16.8 Å². The number of hydrogen-bond donors (Lipinski definition) is 5. The number of aliphatic hydroxyl groups is 2. The molecule has 0 heterocycles. The first kappa shape index (κ1) is 12.3. The molecule has 0 saturated carbocycles. The fraction of sp³-hybridized carbons (Fsp3) is 0.300. The molecule has 16 heavy (non-hydrogen) atoms. The van der Waals surface area contributed by atoms with E-state index < -0.39 is 11.9 Å². The monoisotopic (exact) mass is 225 g/mol. The number of hydrogen-bond acceptors (Lipinski definition) is 5. The second-order valence-corrected chi connectivity index (χ2v) is 3.38. The summed E-state index contributed by atoms with van der Waals surface area (Å²) in [5.41, 5.74) is 11.9. The van der Waals surface area contributed by atoms with Crippen molar-refractivity contribution in [1.82, 2.24) is 0 Å². The highest BCUT2D eigenvalue weighted by atomic mass is 16.3. The van der Waals surface area contributed by atoms with Crippen LogP contribution in [0.2, 0.25) is 0 Å². The number of nitrogens with two attached hydrogens (primary N) is 2. The third-order valence-electron chi connectivity index (χ3n) is 2.11. The predicted octanol–water partition coefficient (Wildman–Crippen LogP) is -0.867. The Labute approximate surface area is 92.9 Å². The van der Waals surface area contributed by atoms with E-state index in [-0.39, 0.29) is 18.8 Å². The zero-order valence-corrected chi connectivity index (χ0v) is 8.68. The van der Waals surface area contributed by atoms with E-state index in [1.54, 1.807) is 6.07 Å². The second-order valence-electron chi connectivity index (χ2n) is 3.38. The second kappa shape index (κ2) is 5.34. The van der Waals surface area contributed by atoms with E-state index in [1.165, 1.54) is 12.1 Å². The van der Waals surface area contributed by atoms with Crippen LogP contribution in [0.25, 0.3) is 0 Å². The molecule has 0 fully saturated rings. The zero-order valence-electron chi connectivity index (χ0n) is 8.68. The van der Waals surface area contributed by atoms with Gasteiger partial charge in [0.1, 0.15) is 0 Å². The average Bonchev–Trinajstić information content (AvgIpc) is 2.25. The smallest absolute Gasteiger partial charge is 0.250 e. The number of rotatable bonds is 5. The van der Waals surface area contributed by atoms with Crippen LogP contribution in [0.5, 0.6) is 0 Å². The topological polar surface area (TPSA) is 122 Å². The molecule has 6 heteroatoms. The molecule has 0 unspecified atom stereocenters. The highest BCUT2D eigenvalue weighted by molar-refractivity contribution is 5.99. The predicted molar refractivity (Wildman–Crippen MR) is 61.0 cm³/mol. The molecule has 0 aliphatic rings. The molecule has 0 saturated heterocycles. The maximum Gasteiger partial charge on any atom is 0.250 e. The van der Waals surface area contributed by atoms with E-state index in [1.807, 2.05) is 0 Å². The number of primary amides is 1. The van der Waals surface area contributed by atoms with Gasteiger partial charge in [0.05, 0.1) is 24.8 Å². The number of nitrogens with one attached hydrogen (secondary N) is 1. The Hall–Kier alpha value is -1.79. The van der Waals surface area contributed by atoms with Crippen LogP contribution in [0.3, 0.4) is 0 Å². The van der Waals surface area contributed by atoms with Crippen LogP contribution in [-0.2, 0) is 0 Å². The molecular weight excluding hydrogens is 210 g/mol. The van der Waals surface area contributed by atoms with Crippen molar-refractivity contribution in [2.75, 3.05) is 24.3 Å². The summed E-state index contributed by atoms with van der Waals surface area (Å²) in [5.74, 6) is -0.600. The fourth-order valence-corrected chi connectivity index (χ4v) is 1.27. The summed E-state index contributed by atoms with van der Waals surface area (Å²) in [5, 5.41) is 20.6. The molecule has 1 amide bonds. The first-order valence-corrected chi connectivity index (χ1v) is 4.76. The number of nitrogen functional groups attached to an aromatic ring is 1. The Balaban J connectivity index is 3.00. The molecule has 0 atom stereocenters. The maximum atomic E-state index is 11.1. The molecule has 0 spiro atoms. The summed E-state index contributed by atoms with van der Waals surface area (Å²) in [7, 11) is 0. The van der Waals surface area contributed by atoms with Gasteiger partial charge in [-0.05, 0) is 18.2 Å². The van der Waals surface area contributed by atoms with Crippen molar-refractivity contribution >= 4 is 17.3 Å². The Bertz CT molecular complexity index is 378. The standard InChI is InChI=1S/C10H15N3O3/c11-6-1-2-8(10(12)16)9(3-6)13-7(4-14)5-15/h1-3,7,13-15H,4-5,11H2,(H2,12,16). The van der Waals surface area contributed by atoms with Gasteiger partial charge in [0.2, 0.25) is 0 Å². The van der Waals surface area contributed by atoms with Crippen LogP contribution in [-0.4, -0.2) is 35.4 Å². The van der Waals surface area contributed by atoms with Gasteiger partial charge in [-0.3, -0.25) is 4.79 Å². The summed E-state index contributed by atoms with van der Waals surface area (Å²) in [6.07, 6.45) is 0. The molecule has 1 aromatic carbocycles. The first-order chi connectivity index (χ1) is 7.58. The number of aliphatic hydroxyl groups excluding tert-OH is 2. The molecule has 1 aromatic rings. The lowest BCUT2D eigenvalue weighted by molar-refractivity contribution is 0.100. The van der Waals surface area contributed by atoms with Crippen molar-refractivity contribution in [2.24, 2.45) is 5.73 Å². The van der Waals surface area contributed by atoms with Crippen molar-refractivity contribution in [3.05, 3.63) is 23.8 Å². The SMILES string of the molecule is NC(=O)c1ccc(N)cc1NC(CO)CO. The molecule has 0 radical (unpaired) electrons. The molecule has 1 rings (SSSR count). The quantitative estimate of drug-likeness (QED) is 0.417. The normalized spacial score (nSPS) is 10.4. The molecule has 6 nitrogen and oxygen atoms in total. The van der Waals surface area contributed by atoms with Crippen LogP contribution in [0.15, 0.2) is 18.2 Å². The molecule has 0 aliphatic carbocycles. The summed E-state index contributed by atoms with van der Waals surface area (Å²) < 4.78 is 0. The number of carbonyl (C=O) groups is 1. The lowest BCUT2D eigenvalue weighted by atomic mass is 10.1. The Morgan fingerprint density at radius 1 is 1.38 bits per heavy atom. The van der Waals surface area contributed by atoms with Crippen LogP contribution in [0, 0.1) is 0 Å². The van der Waals surface area contributed by atoms with Gasteiger partial charge in [0.15, 0.2) is 0 Å². The molecule has 7 N–H and O–H groups in total. The average molecular weight is 225 g/mol. The molecule has 0 bridgehead atoms. The van der Waals surface area contributed by atoms with Crippen molar-refractivity contribution in [1.29, 1.82) is 0 Å². The minimum Gasteiger partial charge on any atom is -0.399 e. The number of anilines is 2. The van der Waals surface area contributed by atoms with Crippen LogP contribution in [0.1, 0.15) is 10.4 Å². The highest BCUT2D eigenvalue weighted by Gasteiger charge is 2.12. The third kappa shape index (κ3) is 2.85. The van der Waals surface area contributed by atoms with Gasteiger partial charge in [-0.2, -0.15) is 0 Å². The zero-order chi connectivity index (χ0) is 12.1. The summed E-state index contributed by atoms with van der Waals surface area (Å²) in [6.45, 7) is -0.521. The Morgan fingerprint density at radius 3 is 2.50 bits per heavy atom. The molecule has 88 valence electrons. The fourth-order valence-electron chi connectivity index (χ4n) is 1.27. The van der Waals surface area contributed by atoms with E-state index in [2.05, 4.69) is 5.32 Å². The van der Waals surface area contributed by atoms with E-state index >= 15 is 0 Å². The van der Waals surface area contributed by atoms with Crippen LogP contribution >= 0.6 is 0 Å². The Morgan fingerprint density at radius 2 is 2.00 bits per heavy atom. The minimum atomic E-state index is -0.600. The number of benzene rings is 1. The molecular formula is C10H15N3O3. The van der Waals surface area contributed by atoms with Gasteiger partial charge in [-0.1, -0.05) is 0 Å². The van der Waals surface area contributed by atoms with Gasteiger partial charge in [-0.25, -0.2) is 0 Å². The van der Waals surface area contributed by atoms with Crippen molar-refractivity contribution in [3.63, 3.8) is 0 Å². The Kier molecular flexibility index (Phi) is 4.10. The van der Waals surface area contributed by atoms with Gasteiger partial charge >= 0.3 is 0 Å².